The van der Waals surface area contributed by atoms with E-state index in [1.165, 1.54) is 146 Å². The standard InChI is InChI=1S/C37H56N2P2/c1-7-19-32(20-8-1)38-40(34-23-11-3-12-24-34,35-25-13-4-14-26-35)31-41(36-27-15-5-16-28-36,37-29-17-6-18-30-37)39-33-21-9-2-10-22-33/h1-2,7-10,19-22,34-37H,3-6,11-18,23-31H2. The van der Waals surface area contributed by atoms with Crippen molar-refractivity contribution in [3.63, 3.8) is 0 Å². The molecule has 0 atom stereocenters. The molecule has 6 rings (SSSR count). The quantitative estimate of drug-likeness (QED) is 0.273. The van der Waals surface area contributed by atoms with E-state index in [4.69, 9.17) is 9.49 Å². The molecule has 4 aliphatic carbocycles. The topological polar surface area (TPSA) is 24.7 Å². The monoisotopic (exact) mass is 590 g/mol. The van der Waals surface area contributed by atoms with E-state index in [0.717, 1.165) is 22.6 Å². The van der Waals surface area contributed by atoms with Crippen molar-refractivity contribution in [3.8, 4) is 0 Å². The van der Waals surface area contributed by atoms with Crippen molar-refractivity contribution in [3.05, 3.63) is 60.7 Å². The summed E-state index contributed by atoms with van der Waals surface area (Å²) >= 11 is 0. The molecule has 0 unspecified atom stereocenters. The Morgan fingerprint density at radius 1 is 0.390 bits per heavy atom. The van der Waals surface area contributed by atoms with Crippen LogP contribution in [-0.4, -0.2) is 28.5 Å². The van der Waals surface area contributed by atoms with Crippen molar-refractivity contribution in [1.29, 1.82) is 0 Å². The van der Waals surface area contributed by atoms with Gasteiger partial charge in [0.05, 0.1) is 11.4 Å². The van der Waals surface area contributed by atoms with Crippen molar-refractivity contribution in [2.75, 3.05) is 5.90 Å². The summed E-state index contributed by atoms with van der Waals surface area (Å²) in [6.07, 6.45) is 28.6. The Bertz CT molecular complexity index is 1030. The van der Waals surface area contributed by atoms with Crippen LogP contribution in [0.5, 0.6) is 0 Å². The molecule has 0 N–H and O–H groups in total. The minimum Gasteiger partial charge on any atom is -0.267 e. The van der Waals surface area contributed by atoms with Crippen LogP contribution in [0.3, 0.4) is 0 Å². The number of hydrogen-bond donors (Lipinski definition) is 0. The molecule has 0 spiro atoms. The Kier molecular flexibility index (Phi) is 10.7. The fourth-order valence-corrected chi connectivity index (χ4v) is 24.5. The summed E-state index contributed by atoms with van der Waals surface area (Å²) in [4.78, 5) is 0. The minimum absolute atomic E-state index is 0.831. The summed E-state index contributed by atoms with van der Waals surface area (Å²) in [7, 11) is -3.36. The highest BCUT2D eigenvalue weighted by Crippen LogP contribution is 2.79. The molecule has 0 bridgehead atoms. The van der Waals surface area contributed by atoms with E-state index in [-0.39, 0.29) is 0 Å². The zero-order valence-corrected chi connectivity index (χ0v) is 27.5. The second-order valence-corrected chi connectivity index (χ2v) is 22.0. The summed E-state index contributed by atoms with van der Waals surface area (Å²) in [5.41, 5.74) is 5.91. The third-order valence-electron chi connectivity index (χ3n) is 11.4. The molecular weight excluding hydrogens is 534 g/mol. The van der Waals surface area contributed by atoms with Crippen molar-refractivity contribution < 1.29 is 0 Å². The molecule has 4 fully saturated rings. The molecule has 2 aromatic carbocycles. The van der Waals surface area contributed by atoms with Crippen LogP contribution in [0, 0.1) is 0 Å². The van der Waals surface area contributed by atoms with Crippen molar-refractivity contribution in [2.24, 2.45) is 9.49 Å². The fraction of sp³-hybridized carbons (Fsp3) is 0.676. The first-order valence-corrected chi connectivity index (χ1v) is 21.7. The second kappa shape index (κ2) is 14.6. The molecule has 2 aromatic rings. The van der Waals surface area contributed by atoms with Gasteiger partial charge in [-0.1, -0.05) is 113 Å². The first-order chi connectivity index (χ1) is 20.3. The molecule has 0 saturated heterocycles. The lowest BCUT2D eigenvalue weighted by Crippen LogP contribution is -2.31. The van der Waals surface area contributed by atoms with E-state index >= 15 is 0 Å². The molecule has 224 valence electrons. The maximum atomic E-state index is 6.23. The third kappa shape index (κ3) is 7.01. The van der Waals surface area contributed by atoms with Crippen LogP contribution in [-0.2, 0) is 0 Å². The number of benzene rings is 2. The minimum atomic E-state index is -1.68. The van der Waals surface area contributed by atoms with Gasteiger partial charge in [0.15, 0.2) is 0 Å². The average molecular weight is 591 g/mol. The highest BCUT2D eigenvalue weighted by Gasteiger charge is 2.48. The van der Waals surface area contributed by atoms with Crippen LogP contribution in [0.25, 0.3) is 0 Å². The van der Waals surface area contributed by atoms with Crippen LogP contribution in [0.15, 0.2) is 70.2 Å². The molecule has 4 aliphatic rings. The van der Waals surface area contributed by atoms with Crippen LogP contribution in [0.4, 0.5) is 11.4 Å². The van der Waals surface area contributed by atoms with Gasteiger partial charge in [-0.15, -0.1) is 0 Å². The van der Waals surface area contributed by atoms with Crippen LogP contribution >= 0.6 is 14.1 Å². The lowest BCUT2D eigenvalue weighted by Gasteiger charge is -2.50. The van der Waals surface area contributed by atoms with Crippen molar-refractivity contribution in [1.82, 2.24) is 0 Å². The number of nitrogens with zero attached hydrogens (tertiary/aromatic N) is 2. The van der Waals surface area contributed by atoms with E-state index in [1.54, 1.807) is 0 Å². The van der Waals surface area contributed by atoms with E-state index < -0.39 is 14.1 Å². The van der Waals surface area contributed by atoms with Gasteiger partial charge < -0.3 is 0 Å². The van der Waals surface area contributed by atoms with Gasteiger partial charge in [0.25, 0.3) is 0 Å². The number of rotatable bonds is 8. The summed E-state index contributed by atoms with van der Waals surface area (Å²) in [5, 5.41) is 0. The molecule has 4 saturated carbocycles. The molecule has 0 aliphatic heterocycles. The summed E-state index contributed by atoms with van der Waals surface area (Å²) < 4.78 is 12.5. The van der Waals surface area contributed by atoms with E-state index in [0.29, 0.717) is 0 Å². The second-order valence-electron chi connectivity index (χ2n) is 14.0. The lowest BCUT2D eigenvalue weighted by molar-refractivity contribution is 0.477. The largest absolute Gasteiger partial charge is 0.267 e. The molecule has 2 nitrogen and oxygen atoms in total. The lowest BCUT2D eigenvalue weighted by atomic mass is 9.99. The van der Waals surface area contributed by atoms with E-state index in [1.807, 2.05) is 0 Å². The summed E-state index contributed by atoms with van der Waals surface area (Å²) in [6, 6.07) is 22.7. The highest BCUT2D eigenvalue weighted by molar-refractivity contribution is 7.84. The Morgan fingerprint density at radius 3 is 0.927 bits per heavy atom. The predicted octanol–water partition coefficient (Wildman–Crippen LogP) is 13.3. The fourth-order valence-electron chi connectivity index (χ4n) is 9.34. The summed E-state index contributed by atoms with van der Waals surface area (Å²) in [6.45, 7) is 0. The molecule has 0 aromatic heterocycles. The van der Waals surface area contributed by atoms with Crippen LogP contribution in [0.2, 0.25) is 0 Å². The molecule has 0 amide bonds. The molecule has 41 heavy (non-hydrogen) atoms. The highest BCUT2D eigenvalue weighted by atomic mass is 31.2. The number of hydrogen-bond acceptors (Lipinski definition) is 2. The van der Waals surface area contributed by atoms with E-state index in [9.17, 15) is 0 Å². The average Bonchev–Trinajstić information content (AvgIpc) is 3.06. The van der Waals surface area contributed by atoms with Gasteiger partial charge in [-0.3, -0.25) is 9.49 Å². The first-order valence-electron chi connectivity index (χ1n) is 17.6. The van der Waals surface area contributed by atoms with Gasteiger partial charge in [-0.2, -0.15) is 0 Å². The van der Waals surface area contributed by atoms with E-state index in [2.05, 4.69) is 60.7 Å². The van der Waals surface area contributed by atoms with Crippen molar-refractivity contribution in [2.45, 2.75) is 151 Å². The van der Waals surface area contributed by atoms with Gasteiger partial charge in [0.2, 0.25) is 0 Å². The maximum Gasteiger partial charge on any atom is 0.0613 e. The van der Waals surface area contributed by atoms with Crippen LogP contribution in [0.1, 0.15) is 128 Å². The Morgan fingerprint density at radius 2 is 0.659 bits per heavy atom. The maximum absolute atomic E-state index is 6.23. The Labute approximate surface area is 252 Å². The van der Waals surface area contributed by atoms with Gasteiger partial charge in [0, 0.05) is 5.90 Å². The van der Waals surface area contributed by atoms with Crippen LogP contribution < -0.4 is 0 Å². The predicted molar refractivity (Wildman–Crippen MR) is 183 cm³/mol. The summed E-state index contributed by atoms with van der Waals surface area (Å²) in [5.74, 6) is 1.41. The van der Waals surface area contributed by atoms with Gasteiger partial charge >= 0.3 is 0 Å². The smallest absolute Gasteiger partial charge is 0.0613 e. The normalized spacial score (nSPS) is 22.8. The first kappa shape index (κ1) is 29.9. The Balaban J connectivity index is 1.59. The molecule has 4 heteroatoms. The van der Waals surface area contributed by atoms with Crippen molar-refractivity contribution >= 4 is 25.5 Å². The zero-order chi connectivity index (χ0) is 27.8. The van der Waals surface area contributed by atoms with Gasteiger partial charge in [-0.25, -0.2) is 0 Å². The molecule has 0 heterocycles. The Hall–Kier alpha value is -1.10. The molecular formula is C37H56N2P2. The molecule has 0 radical (unpaired) electrons. The zero-order valence-electron chi connectivity index (χ0n) is 25.7. The van der Waals surface area contributed by atoms with Gasteiger partial charge in [0.1, 0.15) is 0 Å². The third-order valence-corrected chi connectivity index (χ3v) is 23.4. The van der Waals surface area contributed by atoms with Gasteiger partial charge in [-0.05, 0) is 112 Å². The SMILES string of the molecule is c1ccc(N=P(CP(=Nc2ccccc2)(C2CCCCC2)C2CCCCC2)(C2CCCCC2)C2CCCCC2)cc1.